The van der Waals surface area contributed by atoms with Crippen LogP contribution in [-0.4, -0.2) is 34.7 Å². The van der Waals surface area contributed by atoms with E-state index in [2.05, 4.69) is 5.32 Å². The molecule has 1 aliphatic rings. The third-order valence-corrected chi connectivity index (χ3v) is 4.34. The highest BCUT2D eigenvalue weighted by Gasteiger charge is 2.34. The van der Waals surface area contributed by atoms with Crippen LogP contribution in [0, 0.1) is 0 Å². The number of aromatic carboxylic acids is 1. The highest BCUT2D eigenvalue weighted by atomic mass is 35.5. The molecule has 1 fully saturated rings. The van der Waals surface area contributed by atoms with Crippen molar-refractivity contribution in [1.29, 1.82) is 0 Å². The number of hydrogen-bond acceptors (Lipinski definition) is 4. The summed E-state index contributed by atoms with van der Waals surface area (Å²) in [7, 11) is 0. The van der Waals surface area contributed by atoms with Crippen molar-refractivity contribution in [3.8, 4) is 5.75 Å². The normalized spacial score (nSPS) is 18.8. The maximum absolute atomic E-state index is 11.4. The molecule has 1 saturated heterocycles. The minimum absolute atomic E-state index is 0. The van der Waals surface area contributed by atoms with Crippen LogP contribution >= 0.6 is 12.4 Å². The van der Waals surface area contributed by atoms with Crippen LogP contribution < -0.4 is 10.1 Å². The Bertz CT molecular complexity index is 781. The summed E-state index contributed by atoms with van der Waals surface area (Å²) in [6, 6.07) is 13.6. The fraction of sp³-hybridized carbons (Fsp3) is 0.263. The summed E-state index contributed by atoms with van der Waals surface area (Å²) in [4.78, 5) is 22.8. The summed E-state index contributed by atoms with van der Waals surface area (Å²) in [5.41, 5.74) is 1.73. The van der Waals surface area contributed by atoms with Crippen molar-refractivity contribution in [2.45, 2.75) is 25.0 Å². The van der Waals surface area contributed by atoms with Gasteiger partial charge in [-0.05, 0) is 42.3 Å². The Balaban J connectivity index is 0.00000243. The monoisotopic (exact) mass is 377 g/mol. The molecular weight excluding hydrogens is 358 g/mol. The lowest BCUT2D eigenvalue weighted by Crippen LogP contribution is -2.34. The number of hydrogen-bond donors (Lipinski definition) is 3. The minimum atomic E-state index is -1.07. The maximum Gasteiger partial charge on any atom is 0.335 e. The van der Waals surface area contributed by atoms with Gasteiger partial charge in [0, 0.05) is 5.92 Å². The summed E-state index contributed by atoms with van der Waals surface area (Å²) in [5.74, 6) is -1.86. The van der Waals surface area contributed by atoms with Crippen molar-refractivity contribution in [3.63, 3.8) is 0 Å². The van der Waals surface area contributed by atoms with Crippen LogP contribution in [0.3, 0.4) is 0 Å². The van der Waals surface area contributed by atoms with E-state index in [1.54, 1.807) is 6.07 Å². The van der Waals surface area contributed by atoms with Crippen LogP contribution in [-0.2, 0) is 11.4 Å². The molecule has 6 nitrogen and oxygen atoms in total. The molecule has 2 aromatic carbocycles. The van der Waals surface area contributed by atoms with Crippen molar-refractivity contribution in [3.05, 3.63) is 65.2 Å². The summed E-state index contributed by atoms with van der Waals surface area (Å²) in [6.07, 6.45) is 0.637. The summed E-state index contributed by atoms with van der Waals surface area (Å²) < 4.78 is 5.75. The Hall–Kier alpha value is -2.57. The third-order valence-electron chi connectivity index (χ3n) is 4.34. The molecule has 0 unspecified atom stereocenters. The lowest BCUT2D eigenvalue weighted by atomic mass is 9.90. The standard InChI is InChI=1S/C19H19NO5.ClH/c21-18(22)14-8-13(16-6-7-20-17(16)19(23)24)9-15(10-14)25-11-12-4-2-1-3-5-12;/h1-5,8-10,16-17,20H,6-7,11H2,(H,21,22)(H,23,24);1H/t16-,17+;/m1./s1. The smallest absolute Gasteiger partial charge is 0.335 e. The van der Waals surface area contributed by atoms with E-state index in [0.29, 0.717) is 30.9 Å². The quantitative estimate of drug-likeness (QED) is 0.716. The molecule has 1 aliphatic heterocycles. The van der Waals surface area contributed by atoms with Gasteiger partial charge in [0.15, 0.2) is 0 Å². The van der Waals surface area contributed by atoms with Crippen LogP contribution in [0.4, 0.5) is 0 Å². The maximum atomic E-state index is 11.4. The van der Waals surface area contributed by atoms with E-state index < -0.39 is 18.0 Å². The number of nitrogens with one attached hydrogen (secondary N) is 1. The minimum Gasteiger partial charge on any atom is -0.489 e. The van der Waals surface area contributed by atoms with Crippen molar-refractivity contribution in [2.24, 2.45) is 0 Å². The molecule has 138 valence electrons. The topological polar surface area (TPSA) is 95.9 Å². The Kier molecular flexibility index (Phi) is 6.60. The predicted octanol–water partition coefficient (Wildman–Crippen LogP) is 2.92. The Morgan fingerprint density at radius 1 is 1.12 bits per heavy atom. The molecular formula is C19H20ClNO5. The van der Waals surface area contributed by atoms with Gasteiger partial charge >= 0.3 is 11.9 Å². The molecule has 0 aromatic heterocycles. The molecule has 0 spiro atoms. The van der Waals surface area contributed by atoms with Gasteiger partial charge in [0.25, 0.3) is 0 Å². The van der Waals surface area contributed by atoms with E-state index in [-0.39, 0.29) is 23.9 Å². The van der Waals surface area contributed by atoms with Gasteiger partial charge in [-0.2, -0.15) is 0 Å². The first-order valence-electron chi connectivity index (χ1n) is 8.06. The molecule has 0 amide bonds. The predicted molar refractivity (Wildman–Crippen MR) is 98.2 cm³/mol. The van der Waals surface area contributed by atoms with Gasteiger partial charge in [-0.3, -0.25) is 4.79 Å². The first-order chi connectivity index (χ1) is 12.0. The molecule has 0 aliphatic carbocycles. The zero-order chi connectivity index (χ0) is 17.8. The molecule has 0 radical (unpaired) electrons. The zero-order valence-electron chi connectivity index (χ0n) is 13.9. The van der Waals surface area contributed by atoms with Crippen LogP contribution in [0.1, 0.15) is 33.8 Å². The molecule has 2 atom stereocenters. The molecule has 3 rings (SSSR count). The fourth-order valence-electron chi connectivity index (χ4n) is 3.11. The van der Waals surface area contributed by atoms with Crippen LogP contribution in [0.25, 0.3) is 0 Å². The van der Waals surface area contributed by atoms with Gasteiger partial charge in [0.05, 0.1) is 5.56 Å². The van der Waals surface area contributed by atoms with E-state index >= 15 is 0 Å². The SMILES string of the molecule is Cl.O=C(O)c1cc(OCc2ccccc2)cc([C@H]2CCN[C@@H]2C(=O)O)c1. The van der Waals surface area contributed by atoms with Crippen LogP contribution in [0.5, 0.6) is 5.75 Å². The molecule has 26 heavy (non-hydrogen) atoms. The zero-order valence-corrected chi connectivity index (χ0v) is 14.7. The van der Waals surface area contributed by atoms with Gasteiger partial charge in [-0.25, -0.2) is 4.79 Å². The highest BCUT2D eigenvalue weighted by molar-refractivity contribution is 5.88. The second-order valence-electron chi connectivity index (χ2n) is 6.04. The molecule has 1 heterocycles. The lowest BCUT2D eigenvalue weighted by Gasteiger charge is -2.18. The van der Waals surface area contributed by atoms with Crippen LogP contribution in [0.2, 0.25) is 0 Å². The van der Waals surface area contributed by atoms with Gasteiger partial charge in [-0.15, -0.1) is 12.4 Å². The van der Waals surface area contributed by atoms with E-state index in [1.165, 1.54) is 12.1 Å². The first kappa shape index (κ1) is 19.8. The van der Waals surface area contributed by atoms with Crippen LogP contribution in [0.15, 0.2) is 48.5 Å². The van der Waals surface area contributed by atoms with Gasteiger partial charge in [0.2, 0.25) is 0 Å². The summed E-state index contributed by atoms with van der Waals surface area (Å²) in [6.45, 7) is 0.897. The van der Waals surface area contributed by atoms with Crippen molar-refractivity contribution in [2.75, 3.05) is 6.54 Å². The average molecular weight is 378 g/mol. The number of carboxylic acids is 2. The largest absolute Gasteiger partial charge is 0.489 e. The second-order valence-corrected chi connectivity index (χ2v) is 6.04. The van der Waals surface area contributed by atoms with E-state index in [4.69, 9.17) is 4.74 Å². The van der Waals surface area contributed by atoms with Crippen molar-refractivity contribution >= 4 is 24.3 Å². The number of halogens is 1. The number of aliphatic carboxylic acids is 1. The molecule has 2 aromatic rings. The van der Waals surface area contributed by atoms with E-state index in [9.17, 15) is 19.8 Å². The Labute approximate surface area is 157 Å². The Morgan fingerprint density at radius 2 is 1.85 bits per heavy atom. The number of carbonyl (C=O) groups is 2. The molecule has 0 saturated carbocycles. The van der Waals surface area contributed by atoms with Gasteiger partial charge in [0.1, 0.15) is 18.4 Å². The van der Waals surface area contributed by atoms with Crippen molar-refractivity contribution in [1.82, 2.24) is 5.32 Å². The number of ether oxygens (including phenoxy) is 1. The van der Waals surface area contributed by atoms with Gasteiger partial charge < -0.3 is 20.3 Å². The average Bonchev–Trinajstić information content (AvgIpc) is 3.11. The lowest BCUT2D eigenvalue weighted by molar-refractivity contribution is -0.139. The highest BCUT2D eigenvalue weighted by Crippen LogP contribution is 2.31. The Morgan fingerprint density at radius 3 is 2.50 bits per heavy atom. The summed E-state index contributed by atoms with van der Waals surface area (Å²) >= 11 is 0. The molecule has 7 heteroatoms. The number of benzene rings is 2. The second kappa shape index (κ2) is 8.69. The molecule has 0 bridgehead atoms. The first-order valence-corrected chi connectivity index (χ1v) is 8.06. The van der Waals surface area contributed by atoms with E-state index in [1.807, 2.05) is 30.3 Å². The molecule has 3 N–H and O–H groups in total. The van der Waals surface area contributed by atoms with Crippen molar-refractivity contribution < 1.29 is 24.5 Å². The van der Waals surface area contributed by atoms with Gasteiger partial charge in [-0.1, -0.05) is 30.3 Å². The van der Waals surface area contributed by atoms with E-state index in [0.717, 1.165) is 5.56 Å². The fourth-order valence-corrected chi connectivity index (χ4v) is 3.11. The number of carboxylic acid groups (broad SMARTS) is 2. The summed E-state index contributed by atoms with van der Waals surface area (Å²) in [5, 5.41) is 21.6. The number of rotatable bonds is 6. The third kappa shape index (κ3) is 4.53.